The van der Waals surface area contributed by atoms with E-state index in [2.05, 4.69) is 0 Å². The van der Waals surface area contributed by atoms with Crippen LogP contribution in [-0.4, -0.2) is 28.4 Å². The lowest BCUT2D eigenvalue weighted by Crippen LogP contribution is -2.44. The van der Waals surface area contributed by atoms with E-state index in [-0.39, 0.29) is 16.5 Å². The second-order valence-electron chi connectivity index (χ2n) is 5.44. The lowest BCUT2D eigenvalue weighted by molar-refractivity contribution is -0.141. The van der Waals surface area contributed by atoms with Gasteiger partial charge in [0.15, 0.2) is 10.5 Å². The van der Waals surface area contributed by atoms with Gasteiger partial charge < -0.3 is 4.74 Å². The van der Waals surface area contributed by atoms with Gasteiger partial charge in [-0.2, -0.15) is 0 Å². The quantitative estimate of drug-likeness (QED) is 0.722. The molecule has 1 aliphatic rings. The van der Waals surface area contributed by atoms with Crippen molar-refractivity contribution in [2.24, 2.45) is 0 Å². The number of hydrogen-bond acceptors (Lipinski definition) is 4. The summed E-state index contributed by atoms with van der Waals surface area (Å²) in [6, 6.07) is 0. The maximum Gasteiger partial charge on any atom is 0.330 e. The average Bonchev–Trinajstić information content (AvgIpc) is 2.21. The number of allylic oxidation sites excluding steroid dienone is 2. The van der Waals surface area contributed by atoms with Crippen LogP contribution < -0.4 is 0 Å². The molecule has 0 fully saturated rings. The number of carbonyl (C=O) groups excluding carboxylic acids is 2. The predicted octanol–water partition coefficient (Wildman–Crippen LogP) is 2.91. The number of methoxy groups -OCH3 is 1. The molecule has 1 rings (SSSR count). The van der Waals surface area contributed by atoms with Crippen molar-refractivity contribution in [1.82, 2.24) is 0 Å². The highest BCUT2D eigenvalue weighted by Crippen LogP contribution is 2.48. The summed E-state index contributed by atoms with van der Waals surface area (Å²) in [6.07, 6.45) is 3.03. The van der Waals surface area contributed by atoms with Gasteiger partial charge >= 0.3 is 5.97 Å². The number of carbonyl (C=O) groups is 2. The lowest BCUT2D eigenvalue weighted by atomic mass is 9.86. The zero-order chi connectivity index (χ0) is 14.1. The molecule has 0 radical (unpaired) electrons. The van der Waals surface area contributed by atoms with Crippen LogP contribution in [-0.2, 0) is 14.3 Å². The van der Waals surface area contributed by atoms with Crippen molar-refractivity contribution in [1.29, 1.82) is 0 Å². The number of hydrogen-bond donors (Lipinski definition) is 0. The Balaban J connectivity index is 3.37. The Bertz CT molecular complexity index is 416. The van der Waals surface area contributed by atoms with Crippen molar-refractivity contribution in [3.05, 3.63) is 23.3 Å². The average molecular weight is 268 g/mol. The molecule has 1 aliphatic carbocycles. The van der Waals surface area contributed by atoms with Crippen molar-refractivity contribution in [2.45, 2.75) is 44.1 Å². The molecule has 18 heavy (non-hydrogen) atoms. The minimum absolute atomic E-state index is 0.0703. The summed E-state index contributed by atoms with van der Waals surface area (Å²) in [5.74, 6) is -0.392. The van der Waals surface area contributed by atoms with E-state index in [4.69, 9.17) is 4.74 Å². The Labute approximate surface area is 113 Å². The van der Waals surface area contributed by atoms with Crippen molar-refractivity contribution in [2.75, 3.05) is 7.11 Å². The van der Waals surface area contributed by atoms with E-state index in [1.165, 1.54) is 31.0 Å². The third-order valence-corrected chi connectivity index (χ3v) is 4.49. The summed E-state index contributed by atoms with van der Waals surface area (Å²) < 4.78 is 3.96. The molecule has 0 aromatic carbocycles. The molecule has 0 unspecified atom stereocenters. The lowest BCUT2D eigenvalue weighted by Gasteiger charge is -2.38. The fraction of sp³-hybridized carbons (Fsp3) is 0.571. The van der Waals surface area contributed by atoms with Crippen molar-refractivity contribution >= 4 is 23.5 Å². The predicted molar refractivity (Wildman–Crippen MR) is 74.6 cm³/mol. The van der Waals surface area contributed by atoms with Crippen LogP contribution in [0.15, 0.2) is 23.3 Å². The molecule has 0 spiro atoms. The SMILES string of the molecule is COC(=O)C1(SC(C)(C)C)C(C)=CC(=O)C=C1C. The van der Waals surface area contributed by atoms with Crippen molar-refractivity contribution < 1.29 is 14.3 Å². The van der Waals surface area contributed by atoms with Gasteiger partial charge in [-0.15, -0.1) is 11.8 Å². The first-order valence-corrected chi connectivity index (χ1v) is 6.65. The second kappa shape index (κ2) is 4.92. The molecule has 0 aromatic rings. The number of thioether (sulfide) groups is 1. The minimum atomic E-state index is -0.874. The summed E-state index contributed by atoms with van der Waals surface area (Å²) in [5, 5.41) is 0. The van der Waals surface area contributed by atoms with E-state index in [0.29, 0.717) is 0 Å². The highest BCUT2D eigenvalue weighted by Gasteiger charge is 2.48. The summed E-state index contributed by atoms with van der Waals surface area (Å²) in [5.41, 5.74) is 1.47. The van der Waals surface area contributed by atoms with Gasteiger partial charge in [-0.25, -0.2) is 4.79 Å². The molecule has 0 N–H and O–H groups in total. The number of rotatable bonds is 2. The molecule has 0 atom stereocenters. The van der Waals surface area contributed by atoms with E-state index < -0.39 is 4.75 Å². The van der Waals surface area contributed by atoms with Gasteiger partial charge in [-0.1, -0.05) is 20.8 Å². The van der Waals surface area contributed by atoms with Gasteiger partial charge in [0.25, 0.3) is 0 Å². The normalized spacial score (nSPS) is 19.1. The summed E-state index contributed by atoms with van der Waals surface area (Å²) in [6.45, 7) is 9.74. The molecule has 0 aromatic heterocycles. The Kier molecular flexibility index (Phi) is 4.11. The molecule has 0 aliphatic heterocycles. The van der Waals surface area contributed by atoms with Crippen LogP contribution in [0.2, 0.25) is 0 Å². The summed E-state index contributed by atoms with van der Waals surface area (Å²) in [4.78, 5) is 23.8. The van der Waals surface area contributed by atoms with Crippen LogP contribution in [0.25, 0.3) is 0 Å². The van der Waals surface area contributed by atoms with E-state index in [1.54, 1.807) is 0 Å². The zero-order valence-electron chi connectivity index (χ0n) is 11.8. The molecule has 0 heterocycles. The minimum Gasteiger partial charge on any atom is -0.467 e. The highest BCUT2D eigenvalue weighted by atomic mass is 32.2. The monoisotopic (exact) mass is 268 g/mol. The fourth-order valence-corrected chi connectivity index (χ4v) is 3.64. The van der Waals surface area contributed by atoms with Gasteiger partial charge in [0, 0.05) is 4.75 Å². The standard InChI is InChI=1S/C14H20O3S/c1-9-7-11(15)8-10(2)14(9,12(16)17-6)18-13(3,4)5/h7-8H,1-6H3. The molecule has 4 heteroatoms. The molecule has 100 valence electrons. The van der Waals surface area contributed by atoms with Crippen LogP contribution in [0, 0.1) is 0 Å². The van der Waals surface area contributed by atoms with Crippen molar-refractivity contribution in [3.63, 3.8) is 0 Å². The van der Waals surface area contributed by atoms with Gasteiger partial charge in [0.2, 0.25) is 0 Å². The first-order chi connectivity index (χ1) is 8.13. The fourth-order valence-electron chi connectivity index (χ4n) is 2.11. The number of ether oxygens (including phenoxy) is 1. The molecule has 0 saturated carbocycles. The highest BCUT2D eigenvalue weighted by molar-refractivity contribution is 8.03. The second-order valence-corrected chi connectivity index (χ2v) is 7.49. The Morgan fingerprint density at radius 2 is 1.67 bits per heavy atom. The maximum absolute atomic E-state index is 12.3. The molecule has 0 bridgehead atoms. The Morgan fingerprint density at radius 3 is 2.00 bits per heavy atom. The summed E-state index contributed by atoms with van der Waals surface area (Å²) in [7, 11) is 1.38. The zero-order valence-corrected chi connectivity index (χ0v) is 12.6. The van der Waals surface area contributed by atoms with Gasteiger partial charge in [-0.05, 0) is 37.1 Å². The molecule has 0 amide bonds. The van der Waals surface area contributed by atoms with E-state index in [1.807, 2.05) is 34.6 Å². The first-order valence-electron chi connectivity index (χ1n) is 5.83. The smallest absolute Gasteiger partial charge is 0.330 e. The maximum atomic E-state index is 12.3. The third-order valence-electron chi connectivity index (χ3n) is 2.76. The molecule has 0 saturated heterocycles. The number of ketones is 1. The largest absolute Gasteiger partial charge is 0.467 e. The van der Waals surface area contributed by atoms with E-state index in [9.17, 15) is 9.59 Å². The molecular weight excluding hydrogens is 248 g/mol. The Hall–Kier alpha value is -1.03. The van der Waals surface area contributed by atoms with Gasteiger partial charge in [0.05, 0.1) is 7.11 Å². The van der Waals surface area contributed by atoms with Crippen LogP contribution in [0.3, 0.4) is 0 Å². The van der Waals surface area contributed by atoms with Crippen LogP contribution in [0.1, 0.15) is 34.6 Å². The summed E-state index contributed by atoms with van der Waals surface area (Å²) >= 11 is 1.51. The van der Waals surface area contributed by atoms with E-state index >= 15 is 0 Å². The van der Waals surface area contributed by atoms with Gasteiger partial charge in [-0.3, -0.25) is 4.79 Å². The Morgan fingerprint density at radius 1 is 1.22 bits per heavy atom. The van der Waals surface area contributed by atoms with E-state index in [0.717, 1.165) is 11.1 Å². The van der Waals surface area contributed by atoms with Crippen LogP contribution in [0.5, 0.6) is 0 Å². The first kappa shape index (κ1) is 15.0. The van der Waals surface area contributed by atoms with Crippen LogP contribution in [0.4, 0.5) is 0 Å². The number of esters is 1. The third kappa shape index (κ3) is 2.69. The molecule has 3 nitrogen and oxygen atoms in total. The van der Waals surface area contributed by atoms with Crippen molar-refractivity contribution in [3.8, 4) is 0 Å². The van der Waals surface area contributed by atoms with Crippen LogP contribution >= 0.6 is 11.8 Å². The topological polar surface area (TPSA) is 43.4 Å². The van der Waals surface area contributed by atoms with Gasteiger partial charge in [0.1, 0.15) is 0 Å². The molecular formula is C14H20O3S.